The Bertz CT molecular complexity index is 1170. The van der Waals surface area contributed by atoms with Gasteiger partial charge in [0, 0.05) is 6.20 Å². The van der Waals surface area contributed by atoms with E-state index in [4.69, 9.17) is 4.98 Å². The molecule has 2 heterocycles. The minimum Gasteiger partial charge on any atom is -0.282 e. The van der Waals surface area contributed by atoms with Crippen LogP contribution in [0.2, 0.25) is 0 Å². The summed E-state index contributed by atoms with van der Waals surface area (Å²) in [5.41, 5.74) is 6.30. The van der Waals surface area contributed by atoms with Gasteiger partial charge in [-0.05, 0) is 55.7 Å². The van der Waals surface area contributed by atoms with Crippen molar-refractivity contribution < 1.29 is 4.79 Å². The Morgan fingerprint density at radius 1 is 1.00 bits per heavy atom. The smallest absolute Gasteiger partial charge is 0.233 e. The van der Waals surface area contributed by atoms with Gasteiger partial charge in [-0.3, -0.25) is 14.7 Å². The van der Waals surface area contributed by atoms with E-state index in [1.807, 2.05) is 43.3 Å². The molecule has 2 aromatic heterocycles. The number of fused-ring (bicyclic) bond motifs is 1. The van der Waals surface area contributed by atoms with Crippen LogP contribution in [0.1, 0.15) is 27.9 Å². The Balaban J connectivity index is 1.72. The van der Waals surface area contributed by atoms with Crippen LogP contribution < -0.4 is 4.90 Å². The van der Waals surface area contributed by atoms with E-state index < -0.39 is 0 Å². The Labute approximate surface area is 174 Å². The van der Waals surface area contributed by atoms with Crippen LogP contribution in [0.15, 0.2) is 60.8 Å². The molecule has 29 heavy (non-hydrogen) atoms. The van der Waals surface area contributed by atoms with E-state index in [1.54, 1.807) is 22.4 Å². The van der Waals surface area contributed by atoms with Crippen LogP contribution in [0.3, 0.4) is 0 Å². The van der Waals surface area contributed by atoms with Crippen LogP contribution in [-0.2, 0) is 17.8 Å². The predicted octanol–water partition coefficient (Wildman–Crippen LogP) is 5.39. The summed E-state index contributed by atoms with van der Waals surface area (Å²) < 4.78 is 1.10. The summed E-state index contributed by atoms with van der Waals surface area (Å²) in [6, 6.07) is 18.1. The van der Waals surface area contributed by atoms with E-state index in [1.165, 1.54) is 5.56 Å². The molecule has 0 unspecified atom stereocenters. The van der Waals surface area contributed by atoms with Crippen LogP contribution in [-0.4, -0.2) is 15.9 Å². The third kappa shape index (κ3) is 4.35. The maximum atomic E-state index is 13.3. The lowest BCUT2D eigenvalue weighted by Gasteiger charge is -2.19. The molecule has 2 aromatic carbocycles. The first-order valence-electron chi connectivity index (χ1n) is 9.63. The van der Waals surface area contributed by atoms with Gasteiger partial charge in [-0.1, -0.05) is 53.3 Å². The average Bonchev–Trinajstić information content (AvgIpc) is 3.11. The number of hydrogen-bond donors (Lipinski definition) is 0. The maximum absolute atomic E-state index is 13.3. The fourth-order valence-electron chi connectivity index (χ4n) is 3.48. The van der Waals surface area contributed by atoms with E-state index in [2.05, 4.69) is 37.0 Å². The van der Waals surface area contributed by atoms with Crippen molar-refractivity contribution in [1.29, 1.82) is 0 Å². The molecule has 1 amide bonds. The fraction of sp³-hybridized carbons (Fsp3) is 0.208. The van der Waals surface area contributed by atoms with Crippen molar-refractivity contribution in [2.75, 3.05) is 4.90 Å². The van der Waals surface area contributed by atoms with E-state index in [9.17, 15) is 4.79 Å². The number of amides is 1. The summed E-state index contributed by atoms with van der Waals surface area (Å²) in [4.78, 5) is 24.3. The molecule has 0 bridgehead atoms. The molecule has 0 atom stereocenters. The summed E-state index contributed by atoms with van der Waals surface area (Å²) in [5, 5.41) is 0.719. The fourth-order valence-corrected chi connectivity index (χ4v) is 4.64. The van der Waals surface area contributed by atoms with Crippen LogP contribution in [0.4, 0.5) is 5.13 Å². The van der Waals surface area contributed by atoms with Gasteiger partial charge in [0.25, 0.3) is 0 Å². The van der Waals surface area contributed by atoms with Gasteiger partial charge >= 0.3 is 0 Å². The zero-order valence-electron chi connectivity index (χ0n) is 16.8. The first kappa shape index (κ1) is 19.3. The third-order valence-corrected chi connectivity index (χ3v) is 5.86. The van der Waals surface area contributed by atoms with Crippen LogP contribution >= 0.6 is 11.3 Å². The van der Waals surface area contributed by atoms with Crippen molar-refractivity contribution in [3.05, 3.63) is 88.7 Å². The van der Waals surface area contributed by atoms with Crippen molar-refractivity contribution in [3.8, 4) is 0 Å². The van der Waals surface area contributed by atoms with E-state index in [-0.39, 0.29) is 5.91 Å². The number of anilines is 1. The van der Waals surface area contributed by atoms with Crippen LogP contribution in [0.25, 0.3) is 10.2 Å². The van der Waals surface area contributed by atoms with E-state index >= 15 is 0 Å². The number of aryl methyl sites for hydroxylation is 3. The first-order valence-corrected chi connectivity index (χ1v) is 10.4. The molecule has 0 saturated heterocycles. The number of carbonyl (C=O) groups is 1. The Kier molecular flexibility index (Phi) is 5.41. The molecule has 4 aromatic rings. The summed E-state index contributed by atoms with van der Waals surface area (Å²) in [5.74, 6) is 0.0229. The second kappa shape index (κ2) is 8.13. The normalized spacial score (nSPS) is 11.0. The molecule has 146 valence electrons. The van der Waals surface area contributed by atoms with Gasteiger partial charge in [-0.25, -0.2) is 4.98 Å². The van der Waals surface area contributed by atoms with Crippen molar-refractivity contribution in [3.63, 3.8) is 0 Å². The van der Waals surface area contributed by atoms with Gasteiger partial charge in [0.1, 0.15) is 0 Å². The molecule has 0 aliphatic carbocycles. The average molecular weight is 402 g/mol. The standard InChI is InChI=1S/C24H23N3OS/c1-16-7-6-8-19(12-16)14-22(28)27(15-20-9-4-5-10-25-20)24-26-23-18(3)11-17(2)13-21(23)29-24/h4-13H,14-15H2,1-3H3. The number of carbonyl (C=O) groups excluding carboxylic acids is 1. The van der Waals surface area contributed by atoms with Gasteiger partial charge in [0.2, 0.25) is 5.91 Å². The van der Waals surface area contributed by atoms with Crippen molar-refractivity contribution in [1.82, 2.24) is 9.97 Å². The minimum atomic E-state index is 0.0229. The molecule has 0 aliphatic heterocycles. The molecule has 5 heteroatoms. The lowest BCUT2D eigenvalue weighted by molar-refractivity contribution is -0.118. The van der Waals surface area contributed by atoms with Gasteiger partial charge in [-0.2, -0.15) is 0 Å². The number of thiazole rings is 1. The molecule has 0 radical (unpaired) electrons. The second-order valence-electron chi connectivity index (χ2n) is 7.39. The van der Waals surface area contributed by atoms with Crippen LogP contribution in [0, 0.1) is 20.8 Å². The highest BCUT2D eigenvalue weighted by Crippen LogP contribution is 2.32. The lowest BCUT2D eigenvalue weighted by atomic mass is 10.1. The van der Waals surface area contributed by atoms with Crippen molar-refractivity contribution in [2.45, 2.75) is 33.7 Å². The number of pyridine rings is 1. The quantitative estimate of drug-likeness (QED) is 0.450. The molecule has 0 spiro atoms. The molecule has 0 fully saturated rings. The highest BCUT2D eigenvalue weighted by Gasteiger charge is 2.21. The van der Waals surface area contributed by atoms with Crippen molar-refractivity contribution in [2.24, 2.45) is 0 Å². The van der Waals surface area contributed by atoms with Gasteiger partial charge < -0.3 is 0 Å². The Morgan fingerprint density at radius 2 is 1.86 bits per heavy atom. The Hall–Kier alpha value is -3.05. The molecule has 0 aliphatic rings. The summed E-state index contributed by atoms with van der Waals surface area (Å²) in [6.45, 7) is 6.60. The van der Waals surface area contributed by atoms with Gasteiger partial charge in [0.05, 0.1) is 28.9 Å². The maximum Gasteiger partial charge on any atom is 0.233 e. The number of rotatable bonds is 5. The highest BCUT2D eigenvalue weighted by molar-refractivity contribution is 7.22. The highest BCUT2D eigenvalue weighted by atomic mass is 32.1. The predicted molar refractivity (Wildman–Crippen MR) is 119 cm³/mol. The summed E-state index contributed by atoms with van der Waals surface area (Å²) >= 11 is 1.56. The van der Waals surface area contributed by atoms with Crippen molar-refractivity contribution >= 4 is 32.6 Å². The molecular formula is C24H23N3OS. The number of nitrogens with zero attached hydrogens (tertiary/aromatic N) is 3. The number of benzene rings is 2. The SMILES string of the molecule is Cc1cccc(CC(=O)N(Cc2ccccn2)c2nc3c(C)cc(C)cc3s2)c1. The van der Waals surface area contributed by atoms with E-state index in [0.29, 0.717) is 13.0 Å². The monoisotopic (exact) mass is 401 g/mol. The molecule has 0 N–H and O–H groups in total. The second-order valence-corrected chi connectivity index (χ2v) is 8.40. The number of hydrogen-bond acceptors (Lipinski definition) is 4. The number of aromatic nitrogens is 2. The third-order valence-electron chi connectivity index (χ3n) is 4.83. The molecule has 0 saturated carbocycles. The minimum absolute atomic E-state index is 0.0229. The molecular weight excluding hydrogens is 378 g/mol. The Morgan fingerprint density at radius 3 is 2.62 bits per heavy atom. The van der Waals surface area contributed by atoms with E-state index in [0.717, 1.165) is 37.7 Å². The van der Waals surface area contributed by atoms with Gasteiger partial charge in [0.15, 0.2) is 5.13 Å². The molecule has 4 nitrogen and oxygen atoms in total. The summed E-state index contributed by atoms with van der Waals surface area (Å²) in [7, 11) is 0. The zero-order valence-corrected chi connectivity index (χ0v) is 17.7. The summed E-state index contributed by atoms with van der Waals surface area (Å²) in [6.07, 6.45) is 2.09. The largest absolute Gasteiger partial charge is 0.282 e. The first-order chi connectivity index (χ1) is 14.0. The van der Waals surface area contributed by atoms with Crippen LogP contribution in [0.5, 0.6) is 0 Å². The lowest BCUT2D eigenvalue weighted by Crippen LogP contribution is -2.32. The van der Waals surface area contributed by atoms with Gasteiger partial charge in [-0.15, -0.1) is 0 Å². The topological polar surface area (TPSA) is 46.1 Å². The molecule has 4 rings (SSSR count). The zero-order chi connectivity index (χ0) is 20.4.